The lowest BCUT2D eigenvalue weighted by Crippen LogP contribution is -2.40. The first-order valence-electron chi connectivity index (χ1n) is 5.99. The molecule has 0 heterocycles. The predicted molar refractivity (Wildman–Crippen MR) is 62.4 cm³/mol. The van der Waals surface area contributed by atoms with Crippen molar-refractivity contribution in [1.82, 2.24) is 0 Å². The molecule has 0 aromatic rings. The summed E-state index contributed by atoms with van der Waals surface area (Å²) in [5, 5.41) is 0. The molecule has 1 fully saturated rings. The first-order valence-corrected chi connectivity index (χ1v) is 5.99. The minimum Gasteiger partial charge on any atom is -0.459 e. The highest BCUT2D eigenvalue weighted by molar-refractivity contribution is 6.17. The van der Waals surface area contributed by atoms with Crippen molar-refractivity contribution < 1.29 is 19.1 Å². The molecule has 0 radical (unpaired) electrons. The van der Waals surface area contributed by atoms with Crippen molar-refractivity contribution in [2.24, 2.45) is 11.8 Å². The Balaban J connectivity index is 2.74. The van der Waals surface area contributed by atoms with E-state index in [0.29, 0.717) is 0 Å². The van der Waals surface area contributed by atoms with Crippen molar-refractivity contribution in [3.63, 3.8) is 0 Å². The summed E-state index contributed by atoms with van der Waals surface area (Å²) in [6.45, 7) is 6.42. The molecule has 4 nitrogen and oxygen atoms in total. The van der Waals surface area contributed by atoms with E-state index >= 15 is 0 Å². The number of hydrogen-bond donors (Lipinski definition) is 0. The van der Waals surface area contributed by atoms with Crippen molar-refractivity contribution in [2.75, 3.05) is 0 Å². The molecule has 0 spiro atoms. The average Bonchev–Trinajstić information content (AvgIpc) is 1.94. The molecule has 1 saturated carbocycles. The molecular weight excluding hydrogens is 220 g/mol. The summed E-state index contributed by atoms with van der Waals surface area (Å²) in [5.41, 5.74) is -0.676. The van der Waals surface area contributed by atoms with Gasteiger partial charge < -0.3 is 4.74 Å². The van der Waals surface area contributed by atoms with Gasteiger partial charge in [0.25, 0.3) is 0 Å². The Morgan fingerprint density at radius 3 is 2.00 bits per heavy atom. The van der Waals surface area contributed by atoms with E-state index < -0.39 is 23.3 Å². The molecule has 96 valence electrons. The minimum atomic E-state index is -1.22. The zero-order valence-corrected chi connectivity index (χ0v) is 10.9. The number of Topliss-reactive ketones (excluding diaryl/α,β-unsaturated/α-hetero) is 2. The SMILES string of the molecule is CC(=O)C(C(=O)OC(C)(C)C)C(=O)C1CCC1. The molecule has 0 saturated heterocycles. The summed E-state index contributed by atoms with van der Waals surface area (Å²) in [7, 11) is 0. The predicted octanol–water partition coefficient (Wildman–Crippen LogP) is 1.90. The lowest BCUT2D eigenvalue weighted by molar-refractivity contribution is -0.164. The smallest absolute Gasteiger partial charge is 0.324 e. The highest BCUT2D eigenvalue weighted by Gasteiger charge is 2.40. The second-order valence-corrected chi connectivity index (χ2v) is 5.61. The second-order valence-electron chi connectivity index (χ2n) is 5.61. The van der Waals surface area contributed by atoms with E-state index in [2.05, 4.69) is 0 Å². The van der Waals surface area contributed by atoms with Crippen LogP contribution in [-0.4, -0.2) is 23.1 Å². The van der Waals surface area contributed by atoms with Crippen molar-refractivity contribution in [3.8, 4) is 0 Å². The molecule has 0 bridgehead atoms. The van der Waals surface area contributed by atoms with Crippen LogP contribution in [0.2, 0.25) is 0 Å². The van der Waals surface area contributed by atoms with Crippen LogP contribution in [0.25, 0.3) is 0 Å². The van der Waals surface area contributed by atoms with Crippen molar-refractivity contribution in [2.45, 2.75) is 52.6 Å². The quantitative estimate of drug-likeness (QED) is 0.556. The molecule has 1 aliphatic carbocycles. The zero-order chi connectivity index (χ0) is 13.2. The molecule has 1 atom stereocenters. The van der Waals surface area contributed by atoms with Crippen molar-refractivity contribution in [1.29, 1.82) is 0 Å². The average molecular weight is 240 g/mol. The van der Waals surface area contributed by atoms with Gasteiger partial charge in [-0.05, 0) is 40.5 Å². The molecular formula is C13H20O4. The summed E-state index contributed by atoms with van der Waals surface area (Å²) in [6.07, 6.45) is 2.56. The molecule has 1 rings (SSSR count). The fraction of sp³-hybridized carbons (Fsp3) is 0.769. The van der Waals surface area contributed by atoms with Crippen LogP contribution in [0.5, 0.6) is 0 Å². The monoisotopic (exact) mass is 240 g/mol. The Morgan fingerprint density at radius 1 is 1.18 bits per heavy atom. The van der Waals surface area contributed by atoms with Crippen LogP contribution < -0.4 is 0 Å². The first-order chi connectivity index (χ1) is 7.72. The number of carbonyl (C=O) groups is 3. The number of esters is 1. The van der Waals surface area contributed by atoms with Gasteiger partial charge in [0.15, 0.2) is 17.5 Å². The van der Waals surface area contributed by atoms with E-state index in [9.17, 15) is 14.4 Å². The van der Waals surface area contributed by atoms with Crippen LogP contribution in [0.15, 0.2) is 0 Å². The van der Waals surface area contributed by atoms with E-state index in [1.165, 1.54) is 6.92 Å². The molecule has 1 unspecified atom stereocenters. The summed E-state index contributed by atoms with van der Waals surface area (Å²) < 4.78 is 5.12. The van der Waals surface area contributed by atoms with Gasteiger partial charge in [0.05, 0.1) is 0 Å². The van der Waals surface area contributed by atoms with Crippen molar-refractivity contribution in [3.05, 3.63) is 0 Å². The van der Waals surface area contributed by atoms with Gasteiger partial charge in [0.1, 0.15) is 5.60 Å². The van der Waals surface area contributed by atoms with Crippen LogP contribution in [0.1, 0.15) is 47.0 Å². The molecule has 17 heavy (non-hydrogen) atoms. The van der Waals surface area contributed by atoms with Gasteiger partial charge in [0, 0.05) is 5.92 Å². The van der Waals surface area contributed by atoms with Gasteiger partial charge in [-0.2, -0.15) is 0 Å². The number of ketones is 2. The Bertz CT molecular complexity index is 334. The van der Waals surface area contributed by atoms with Crippen LogP contribution in [0.4, 0.5) is 0 Å². The largest absolute Gasteiger partial charge is 0.459 e. The third-order valence-corrected chi connectivity index (χ3v) is 2.84. The fourth-order valence-electron chi connectivity index (χ4n) is 1.77. The minimum absolute atomic E-state index is 0.128. The van der Waals surface area contributed by atoms with Crippen LogP contribution in [-0.2, 0) is 19.1 Å². The standard InChI is InChI=1S/C13H20O4/c1-8(14)10(11(15)9-6-5-7-9)12(16)17-13(2,3)4/h9-10H,5-7H2,1-4H3. The van der Waals surface area contributed by atoms with Gasteiger partial charge in [0.2, 0.25) is 0 Å². The zero-order valence-electron chi connectivity index (χ0n) is 10.9. The maximum atomic E-state index is 12.0. The van der Waals surface area contributed by atoms with Gasteiger partial charge in [-0.15, -0.1) is 0 Å². The molecule has 1 aliphatic rings. The first kappa shape index (κ1) is 13.9. The Hall–Kier alpha value is -1.19. The highest BCUT2D eigenvalue weighted by atomic mass is 16.6. The summed E-state index contributed by atoms with van der Waals surface area (Å²) in [4.78, 5) is 35.2. The van der Waals surface area contributed by atoms with Crippen LogP contribution >= 0.6 is 0 Å². The summed E-state index contributed by atoms with van der Waals surface area (Å²) in [5.74, 6) is -2.74. The maximum absolute atomic E-state index is 12.0. The number of hydrogen-bond acceptors (Lipinski definition) is 4. The maximum Gasteiger partial charge on any atom is 0.324 e. The third-order valence-electron chi connectivity index (χ3n) is 2.84. The second kappa shape index (κ2) is 4.98. The summed E-state index contributed by atoms with van der Waals surface area (Å²) in [6, 6.07) is 0. The lowest BCUT2D eigenvalue weighted by Gasteiger charge is -2.28. The molecule has 0 aromatic carbocycles. The lowest BCUT2D eigenvalue weighted by atomic mass is 9.77. The van der Waals surface area contributed by atoms with Gasteiger partial charge in [-0.1, -0.05) is 6.42 Å². The molecule has 0 aromatic heterocycles. The van der Waals surface area contributed by atoms with Crippen molar-refractivity contribution >= 4 is 17.5 Å². The van der Waals surface area contributed by atoms with E-state index in [-0.39, 0.29) is 11.7 Å². The summed E-state index contributed by atoms with van der Waals surface area (Å²) >= 11 is 0. The van der Waals surface area contributed by atoms with Gasteiger partial charge in [-0.3, -0.25) is 14.4 Å². The number of carbonyl (C=O) groups excluding carboxylic acids is 3. The van der Waals surface area contributed by atoms with E-state index in [1.807, 2.05) is 0 Å². The molecule has 0 amide bonds. The van der Waals surface area contributed by atoms with E-state index in [1.54, 1.807) is 20.8 Å². The van der Waals surface area contributed by atoms with Crippen LogP contribution in [0, 0.1) is 11.8 Å². The third kappa shape index (κ3) is 3.65. The van der Waals surface area contributed by atoms with Crippen LogP contribution in [0.3, 0.4) is 0 Å². The Labute approximate surface area is 102 Å². The molecule has 4 heteroatoms. The molecule has 0 N–H and O–H groups in total. The Morgan fingerprint density at radius 2 is 1.71 bits per heavy atom. The topological polar surface area (TPSA) is 60.4 Å². The van der Waals surface area contributed by atoms with E-state index in [0.717, 1.165) is 19.3 Å². The van der Waals surface area contributed by atoms with Gasteiger partial charge >= 0.3 is 5.97 Å². The number of ether oxygens (including phenoxy) is 1. The van der Waals surface area contributed by atoms with Gasteiger partial charge in [-0.25, -0.2) is 0 Å². The highest BCUT2D eigenvalue weighted by Crippen LogP contribution is 2.30. The normalized spacial score (nSPS) is 18.1. The molecule has 0 aliphatic heterocycles. The number of rotatable bonds is 4. The Kier molecular flexibility index (Phi) is 4.07. The van der Waals surface area contributed by atoms with E-state index in [4.69, 9.17) is 4.74 Å². The fourth-order valence-corrected chi connectivity index (χ4v) is 1.77.